The van der Waals surface area contributed by atoms with Gasteiger partial charge >= 0.3 is 0 Å². The molecule has 0 spiro atoms. The molecule has 0 radical (unpaired) electrons. The van der Waals surface area contributed by atoms with Gasteiger partial charge < -0.3 is 4.98 Å². The maximum absolute atomic E-state index is 10.9. The first-order valence-electron chi connectivity index (χ1n) is 6.48. The van der Waals surface area contributed by atoms with Gasteiger partial charge in [0.25, 0.3) is 0 Å². The molecule has 0 amide bonds. The molecule has 0 bridgehead atoms. The van der Waals surface area contributed by atoms with E-state index in [9.17, 15) is 10.1 Å². The van der Waals surface area contributed by atoms with Crippen LogP contribution in [0.3, 0.4) is 0 Å². The van der Waals surface area contributed by atoms with Crippen LogP contribution in [-0.2, 0) is 0 Å². The number of aromatic amines is 1. The summed E-state index contributed by atoms with van der Waals surface area (Å²) in [6.45, 7) is -0.112. The summed E-state index contributed by atoms with van der Waals surface area (Å²) in [5.41, 5.74) is 1.83. The lowest BCUT2D eigenvalue weighted by molar-refractivity contribution is -0.481. The van der Waals surface area contributed by atoms with E-state index >= 15 is 0 Å². The van der Waals surface area contributed by atoms with Crippen molar-refractivity contribution in [2.75, 3.05) is 6.54 Å². The van der Waals surface area contributed by atoms with Gasteiger partial charge in [0.2, 0.25) is 6.54 Å². The summed E-state index contributed by atoms with van der Waals surface area (Å²) in [4.78, 5) is 13.8. The fourth-order valence-electron chi connectivity index (χ4n) is 2.52. The number of H-pyrrole nitrogens is 1. The minimum atomic E-state index is -0.263. The van der Waals surface area contributed by atoms with Gasteiger partial charge in [-0.25, -0.2) is 0 Å². The van der Waals surface area contributed by atoms with Crippen LogP contribution in [0.15, 0.2) is 60.8 Å². The quantitative estimate of drug-likeness (QED) is 0.579. The highest BCUT2D eigenvalue weighted by Crippen LogP contribution is 2.26. The number of nitro groups is 1. The van der Waals surface area contributed by atoms with Gasteiger partial charge in [-0.05, 0) is 28.5 Å². The Morgan fingerprint density at radius 1 is 1.05 bits per heavy atom. The van der Waals surface area contributed by atoms with E-state index in [-0.39, 0.29) is 17.4 Å². The van der Waals surface area contributed by atoms with E-state index in [1.165, 1.54) is 0 Å². The standard InChI is InChI=1S/C16H14N2O2/c19-18(20)11-15(16-6-3-9-17-16)14-8-7-12-4-1-2-5-13(12)10-14/h1-10,15,17H,11H2/t15-/m1/s1. The van der Waals surface area contributed by atoms with Crippen molar-refractivity contribution < 1.29 is 4.92 Å². The van der Waals surface area contributed by atoms with Crippen molar-refractivity contribution in [3.63, 3.8) is 0 Å². The number of aromatic nitrogens is 1. The van der Waals surface area contributed by atoms with E-state index in [1.807, 2.05) is 54.6 Å². The molecule has 3 rings (SSSR count). The smallest absolute Gasteiger partial charge is 0.216 e. The molecule has 0 fully saturated rings. The number of nitrogens with zero attached hydrogens (tertiary/aromatic N) is 1. The maximum Gasteiger partial charge on any atom is 0.216 e. The molecule has 0 saturated heterocycles. The van der Waals surface area contributed by atoms with Crippen LogP contribution in [0.25, 0.3) is 10.8 Å². The summed E-state index contributed by atoms with van der Waals surface area (Å²) >= 11 is 0. The lowest BCUT2D eigenvalue weighted by Gasteiger charge is -2.13. The first kappa shape index (κ1) is 12.4. The Balaban J connectivity index is 2.06. The van der Waals surface area contributed by atoms with E-state index in [1.54, 1.807) is 6.20 Å². The first-order chi connectivity index (χ1) is 9.74. The van der Waals surface area contributed by atoms with Crippen LogP contribution >= 0.6 is 0 Å². The molecule has 1 aromatic heterocycles. The summed E-state index contributed by atoms with van der Waals surface area (Å²) < 4.78 is 0. The number of rotatable bonds is 4. The Kier molecular flexibility index (Phi) is 3.21. The van der Waals surface area contributed by atoms with Gasteiger partial charge in [-0.2, -0.15) is 0 Å². The molecule has 1 heterocycles. The van der Waals surface area contributed by atoms with Crippen molar-refractivity contribution in [1.82, 2.24) is 4.98 Å². The normalized spacial score (nSPS) is 12.4. The van der Waals surface area contributed by atoms with Crippen LogP contribution in [0.2, 0.25) is 0 Å². The van der Waals surface area contributed by atoms with Crippen LogP contribution in [0.5, 0.6) is 0 Å². The molecule has 1 atom stereocenters. The fourth-order valence-corrected chi connectivity index (χ4v) is 2.52. The minimum Gasteiger partial charge on any atom is -0.364 e. The lowest BCUT2D eigenvalue weighted by atomic mass is 9.93. The van der Waals surface area contributed by atoms with Gasteiger partial charge in [-0.3, -0.25) is 10.1 Å². The van der Waals surface area contributed by atoms with Gasteiger partial charge in [0.15, 0.2) is 0 Å². The zero-order valence-corrected chi connectivity index (χ0v) is 10.8. The largest absolute Gasteiger partial charge is 0.364 e. The summed E-state index contributed by atoms with van der Waals surface area (Å²) in [6.07, 6.45) is 1.79. The topological polar surface area (TPSA) is 58.9 Å². The molecule has 2 aromatic carbocycles. The second-order valence-corrected chi connectivity index (χ2v) is 4.80. The van der Waals surface area contributed by atoms with Crippen molar-refractivity contribution in [3.05, 3.63) is 82.2 Å². The molecule has 0 aliphatic rings. The highest BCUT2D eigenvalue weighted by molar-refractivity contribution is 5.83. The average molecular weight is 266 g/mol. The highest BCUT2D eigenvalue weighted by Gasteiger charge is 2.21. The molecule has 0 unspecified atom stereocenters. The molecule has 20 heavy (non-hydrogen) atoms. The summed E-state index contributed by atoms with van der Waals surface area (Å²) in [5, 5.41) is 13.2. The van der Waals surface area contributed by atoms with Gasteiger partial charge in [-0.1, -0.05) is 42.5 Å². The highest BCUT2D eigenvalue weighted by atomic mass is 16.6. The molecular formula is C16H14N2O2. The number of nitrogens with one attached hydrogen (secondary N) is 1. The fraction of sp³-hybridized carbons (Fsp3) is 0.125. The van der Waals surface area contributed by atoms with Crippen LogP contribution in [-0.4, -0.2) is 16.5 Å². The third-order valence-corrected chi connectivity index (χ3v) is 3.50. The zero-order valence-electron chi connectivity index (χ0n) is 10.8. The van der Waals surface area contributed by atoms with E-state index in [0.717, 1.165) is 22.0 Å². The van der Waals surface area contributed by atoms with Crippen LogP contribution < -0.4 is 0 Å². The summed E-state index contributed by atoms with van der Waals surface area (Å²) in [6, 6.07) is 17.8. The summed E-state index contributed by atoms with van der Waals surface area (Å²) in [7, 11) is 0. The van der Waals surface area contributed by atoms with E-state index < -0.39 is 0 Å². The molecule has 0 aliphatic carbocycles. The molecule has 4 nitrogen and oxygen atoms in total. The Bertz CT molecular complexity index is 735. The van der Waals surface area contributed by atoms with Crippen LogP contribution in [0.1, 0.15) is 17.2 Å². The molecule has 3 aromatic rings. The predicted molar refractivity (Wildman–Crippen MR) is 78.4 cm³/mol. The van der Waals surface area contributed by atoms with Crippen molar-refractivity contribution in [3.8, 4) is 0 Å². The summed E-state index contributed by atoms with van der Waals surface area (Å²) in [5.74, 6) is -0.246. The van der Waals surface area contributed by atoms with E-state index in [4.69, 9.17) is 0 Å². The molecule has 0 aliphatic heterocycles. The molecule has 0 saturated carbocycles. The van der Waals surface area contributed by atoms with Gasteiger partial charge in [-0.15, -0.1) is 0 Å². The van der Waals surface area contributed by atoms with Gasteiger partial charge in [0, 0.05) is 16.8 Å². The third-order valence-electron chi connectivity index (χ3n) is 3.50. The second kappa shape index (κ2) is 5.17. The number of fused-ring (bicyclic) bond motifs is 1. The predicted octanol–water partition coefficient (Wildman–Crippen LogP) is 3.58. The Morgan fingerprint density at radius 3 is 2.55 bits per heavy atom. The Morgan fingerprint density at radius 2 is 1.85 bits per heavy atom. The third kappa shape index (κ3) is 2.40. The van der Waals surface area contributed by atoms with E-state index in [2.05, 4.69) is 4.98 Å². The number of hydrogen-bond acceptors (Lipinski definition) is 2. The number of benzene rings is 2. The van der Waals surface area contributed by atoms with Crippen LogP contribution in [0.4, 0.5) is 0 Å². The van der Waals surface area contributed by atoms with Gasteiger partial charge in [0.1, 0.15) is 0 Å². The van der Waals surface area contributed by atoms with Crippen molar-refractivity contribution in [2.45, 2.75) is 5.92 Å². The average Bonchev–Trinajstić information content (AvgIpc) is 2.98. The van der Waals surface area contributed by atoms with Gasteiger partial charge in [0.05, 0.1) is 5.92 Å². The zero-order chi connectivity index (χ0) is 13.9. The Hall–Kier alpha value is -2.62. The molecule has 100 valence electrons. The Labute approximate surface area is 116 Å². The molecular weight excluding hydrogens is 252 g/mol. The monoisotopic (exact) mass is 266 g/mol. The molecule has 4 heteroatoms. The van der Waals surface area contributed by atoms with Crippen molar-refractivity contribution in [2.24, 2.45) is 0 Å². The lowest BCUT2D eigenvalue weighted by Crippen LogP contribution is -2.14. The van der Waals surface area contributed by atoms with Crippen molar-refractivity contribution in [1.29, 1.82) is 0 Å². The SMILES string of the molecule is O=[N+]([O-])C[C@H](c1ccc2ccccc2c1)c1ccc[nH]1. The number of hydrogen-bond donors (Lipinski definition) is 1. The second-order valence-electron chi connectivity index (χ2n) is 4.80. The minimum absolute atomic E-state index is 0.112. The van der Waals surface area contributed by atoms with Crippen LogP contribution in [0, 0.1) is 10.1 Å². The van der Waals surface area contributed by atoms with E-state index in [0.29, 0.717) is 0 Å². The maximum atomic E-state index is 10.9. The first-order valence-corrected chi connectivity index (χ1v) is 6.48. The molecule has 1 N–H and O–H groups in total. The van der Waals surface area contributed by atoms with Crippen molar-refractivity contribution >= 4 is 10.8 Å².